The van der Waals surface area contributed by atoms with Crippen molar-refractivity contribution in [3.05, 3.63) is 34.9 Å². The molecular formula is C14H18ClNO2S. The molecule has 1 aromatic carbocycles. The van der Waals surface area contributed by atoms with Gasteiger partial charge in [-0.1, -0.05) is 30.2 Å². The highest BCUT2D eigenvalue weighted by Crippen LogP contribution is 2.44. The predicted molar refractivity (Wildman–Crippen MR) is 76.4 cm³/mol. The lowest BCUT2D eigenvalue weighted by Crippen LogP contribution is -2.39. The molecule has 0 heterocycles. The fourth-order valence-electron chi connectivity index (χ4n) is 3.51. The van der Waals surface area contributed by atoms with Crippen molar-refractivity contribution >= 4 is 21.6 Å². The van der Waals surface area contributed by atoms with E-state index >= 15 is 0 Å². The van der Waals surface area contributed by atoms with Gasteiger partial charge in [0.1, 0.15) is 0 Å². The van der Waals surface area contributed by atoms with Crippen LogP contribution in [-0.2, 0) is 15.8 Å². The summed E-state index contributed by atoms with van der Waals surface area (Å²) in [6, 6.07) is 7.20. The summed E-state index contributed by atoms with van der Waals surface area (Å²) in [4.78, 5) is 0. The minimum absolute atomic E-state index is 0.0153. The van der Waals surface area contributed by atoms with Gasteiger partial charge in [0, 0.05) is 11.1 Å². The number of hydrogen-bond donors (Lipinski definition) is 1. The predicted octanol–water partition coefficient (Wildman–Crippen LogP) is 2.95. The molecule has 104 valence electrons. The molecule has 0 saturated heterocycles. The van der Waals surface area contributed by atoms with Crippen molar-refractivity contribution in [2.24, 2.45) is 11.8 Å². The van der Waals surface area contributed by atoms with Crippen LogP contribution in [0.4, 0.5) is 0 Å². The largest absolute Gasteiger partial charge is 0.216 e. The maximum atomic E-state index is 12.2. The lowest BCUT2D eigenvalue weighted by molar-refractivity contribution is 0.390. The van der Waals surface area contributed by atoms with E-state index in [4.69, 9.17) is 11.6 Å². The molecular weight excluding hydrogens is 282 g/mol. The Kier molecular flexibility index (Phi) is 3.58. The highest BCUT2D eigenvalue weighted by molar-refractivity contribution is 7.88. The molecule has 2 fully saturated rings. The van der Waals surface area contributed by atoms with E-state index in [0.29, 0.717) is 10.9 Å². The van der Waals surface area contributed by atoms with E-state index in [-0.39, 0.29) is 11.8 Å². The summed E-state index contributed by atoms with van der Waals surface area (Å²) >= 11 is 5.88. The zero-order valence-corrected chi connectivity index (χ0v) is 12.3. The molecule has 2 aliphatic rings. The van der Waals surface area contributed by atoms with E-state index in [1.807, 2.05) is 0 Å². The molecule has 3 nitrogen and oxygen atoms in total. The van der Waals surface area contributed by atoms with Gasteiger partial charge < -0.3 is 0 Å². The topological polar surface area (TPSA) is 46.2 Å². The molecule has 0 unspecified atom stereocenters. The lowest BCUT2D eigenvalue weighted by Gasteiger charge is -2.22. The van der Waals surface area contributed by atoms with Crippen molar-refractivity contribution in [2.75, 3.05) is 0 Å². The highest BCUT2D eigenvalue weighted by atomic mass is 35.5. The molecule has 3 atom stereocenters. The Morgan fingerprint density at radius 3 is 2.74 bits per heavy atom. The van der Waals surface area contributed by atoms with Gasteiger partial charge in [-0.25, -0.2) is 13.1 Å². The van der Waals surface area contributed by atoms with Gasteiger partial charge in [-0.15, -0.1) is 0 Å². The number of fused-ring (bicyclic) bond motifs is 2. The van der Waals surface area contributed by atoms with Gasteiger partial charge in [0.15, 0.2) is 0 Å². The van der Waals surface area contributed by atoms with Crippen molar-refractivity contribution in [1.82, 2.24) is 4.72 Å². The Labute approximate surface area is 119 Å². The smallest absolute Gasteiger partial charge is 0.212 e. The normalized spacial score (nSPS) is 29.8. The van der Waals surface area contributed by atoms with Gasteiger partial charge in [0.05, 0.1) is 5.75 Å². The molecule has 2 bridgehead atoms. The van der Waals surface area contributed by atoms with Crippen LogP contribution in [0.15, 0.2) is 24.3 Å². The first-order valence-corrected chi connectivity index (χ1v) is 8.79. The third-order valence-electron chi connectivity index (χ3n) is 4.31. The number of hydrogen-bond acceptors (Lipinski definition) is 2. The fourth-order valence-corrected chi connectivity index (χ4v) is 5.17. The third kappa shape index (κ3) is 3.12. The van der Waals surface area contributed by atoms with Gasteiger partial charge in [0.25, 0.3) is 0 Å². The Morgan fingerprint density at radius 2 is 2.11 bits per heavy atom. The van der Waals surface area contributed by atoms with Crippen molar-refractivity contribution in [3.8, 4) is 0 Å². The van der Waals surface area contributed by atoms with E-state index in [0.717, 1.165) is 17.9 Å². The molecule has 5 heteroatoms. The first-order chi connectivity index (χ1) is 9.02. The van der Waals surface area contributed by atoms with Crippen LogP contribution in [0.5, 0.6) is 0 Å². The minimum Gasteiger partial charge on any atom is -0.212 e. The molecule has 0 spiro atoms. The van der Waals surface area contributed by atoms with Crippen LogP contribution < -0.4 is 4.72 Å². The van der Waals surface area contributed by atoms with Gasteiger partial charge in [-0.2, -0.15) is 0 Å². The van der Waals surface area contributed by atoms with Crippen LogP contribution in [0, 0.1) is 11.8 Å². The van der Waals surface area contributed by atoms with Crippen molar-refractivity contribution in [2.45, 2.75) is 37.5 Å². The maximum Gasteiger partial charge on any atom is 0.216 e. The Morgan fingerprint density at radius 1 is 1.26 bits per heavy atom. The highest BCUT2D eigenvalue weighted by Gasteiger charge is 2.40. The monoisotopic (exact) mass is 299 g/mol. The number of sulfonamides is 1. The quantitative estimate of drug-likeness (QED) is 0.929. The number of halogens is 1. The first-order valence-electron chi connectivity index (χ1n) is 6.76. The second-order valence-electron chi connectivity index (χ2n) is 5.79. The molecule has 1 N–H and O–H groups in total. The molecule has 2 aliphatic carbocycles. The van der Waals surface area contributed by atoms with Gasteiger partial charge in [-0.3, -0.25) is 0 Å². The molecule has 0 amide bonds. The molecule has 0 radical (unpaired) electrons. The zero-order chi connectivity index (χ0) is 13.5. The fraction of sp³-hybridized carbons (Fsp3) is 0.571. The van der Waals surface area contributed by atoms with Gasteiger partial charge in [-0.05, 0) is 48.8 Å². The number of nitrogens with one attached hydrogen (secondary N) is 1. The number of rotatable bonds is 4. The van der Waals surface area contributed by atoms with Crippen molar-refractivity contribution in [1.29, 1.82) is 0 Å². The summed E-state index contributed by atoms with van der Waals surface area (Å²) in [6.07, 6.45) is 4.66. The summed E-state index contributed by atoms with van der Waals surface area (Å²) < 4.78 is 27.3. The van der Waals surface area contributed by atoms with Crippen LogP contribution >= 0.6 is 11.6 Å². The van der Waals surface area contributed by atoms with Crippen LogP contribution in [0.3, 0.4) is 0 Å². The Balaban J connectivity index is 1.66. The molecule has 3 rings (SSSR count). The first kappa shape index (κ1) is 13.4. The SMILES string of the molecule is O=S(=O)(Cc1cccc(Cl)c1)N[C@H]1C[C@H]2CC[C@H]1C2. The van der Waals surface area contributed by atoms with E-state index in [9.17, 15) is 8.42 Å². The molecule has 19 heavy (non-hydrogen) atoms. The van der Waals surface area contributed by atoms with Crippen LogP contribution in [-0.4, -0.2) is 14.5 Å². The van der Waals surface area contributed by atoms with Crippen molar-refractivity contribution in [3.63, 3.8) is 0 Å². The van der Waals surface area contributed by atoms with E-state index in [1.54, 1.807) is 24.3 Å². The van der Waals surface area contributed by atoms with Crippen LogP contribution in [0.2, 0.25) is 5.02 Å². The second kappa shape index (κ2) is 5.08. The number of benzene rings is 1. The summed E-state index contributed by atoms with van der Waals surface area (Å²) in [5.41, 5.74) is 0.739. The third-order valence-corrected chi connectivity index (χ3v) is 5.93. The minimum atomic E-state index is -3.27. The maximum absolute atomic E-state index is 12.2. The van der Waals surface area contributed by atoms with Crippen LogP contribution in [0.1, 0.15) is 31.2 Å². The average molecular weight is 300 g/mol. The summed E-state index contributed by atoms with van der Waals surface area (Å²) in [6.45, 7) is 0. The van der Waals surface area contributed by atoms with E-state index in [2.05, 4.69) is 4.72 Å². The standard InChI is InChI=1S/C14H18ClNO2S/c15-13-3-1-2-11(7-13)9-19(17,18)16-14-8-10-4-5-12(14)6-10/h1-3,7,10,12,14,16H,4-6,8-9H2/t10-,12-,14-/m0/s1. The Bertz CT molecular complexity index is 573. The molecule has 1 aromatic rings. The lowest BCUT2D eigenvalue weighted by atomic mass is 9.96. The van der Waals surface area contributed by atoms with Gasteiger partial charge >= 0.3 is 0 Å². The van der Waals surface area contributed by atoms with E-state index in [1.165, 1.54) is 19.3 Å². The van der Waals surface area contributed by atoms with Crippen molar-refractivity contribution < 1.29 is 8.42 Å². The second-order valence-corrected chi connectivity index (χ2v) is 7.98. The summed E-state index contributed by atoms with van der Waals surface area (Å²) in [5.74, 6) is 1.31. The van der Waals surface area contributed by atoms with E-state index < -0.39 is 10.0 Å². The zero-order valence-electron chi connectivity index (χ0n) is 10.7. The Hall–Kier alpha value is -0.580. The van der Waals surface area contributed by atoms with Gasteiger partial charge in [0.2, 0.25) is 10.0 Å². The average Bonchev–Trinajstić information content (AvgIpc) is 2.89. The molecule has 0 aromatic heterocycles. The summed E-state index contributed by atoms with van der Waals surface area (Å²) in [7, 11) is -3.27. The molecule has 2 saturated carbocycles. The summed E-state index contributed by atoms with van der Waals surface area (Å²) in [5, 5.41) is 0.577. The molecule has 0 aliphatic heterocycles. The van der Waals surface area contributed by atoms with Crippen LogP contribution in [0.25, 0.3) is 0 Å².